The highest BCUT2D eigenvalue weighted by Gasteiger charge is 2.28. The van der Waals surface area contributed by atoms with Gasteiger partial charge >= 0.3 is 0 Å². The van der Waals surface area contributed by atoms with E-state index in [-0.39, 0.29) is 24.0 Å². The summed E-state index contributed by atoms with van der Waals surface area (Å²) in [5.41, 5.74) is -0.635. The summed E-state index contributed by atoms with van der Waals surface area (Å²) in [5.74, 6) is -1.03. The summed E-state index contributed by atoms with van der Waals surface area (Å²) in [4.78, 5) is 24.4. The Morgan fingerprint density at radius 2 is 2.05 bits per heavy atom. The number of alkyl halides is 1. The average Bonchev–Trinajstić information content (AvgIpc) is 2.46. The number of nitrogens with zero attached hydrogens (tertiary/aromatic N) is 2. The monoisotopic (exact) mass is 316 g/mol. The van der Waals surface area contributed by atoms with E-state index in [9.17, 15) is 19.3 Å². The van der Waals surface area contributed by atoms with Crippen LogP contribution in [0, 0.1) is 15.9 Å². The number of nitro benzene ring substituents is 1. The first-order valence-electron chi connectivity index (χ1n) is 6.77. The minimum Gasteiger partial charge on any atom is -0.334 e. The molecule has 0 atom stereocenters. The number of carbonyl (C=O) groups is 1. The molecule has 0 aliphatic rings. The lowest BCUT2D eigenvalue weighted by Crippen LogP contribution is -2.41. The Hall–Kier alpha value is -1.69. The van der Waals surface area contributed by atoms with E-state index in [0.29, 0.717) is 12.8 Å². The van der Waals surface area contributed by atoms with Gasteiger partial charge in [0, 0.05) is 24.5 Å². The van der Waals surface area contributed by atoms with Gasteiger partial charge in [0.05, 0.1) is 4.92 Å². The van der Waals surface area contributed by atoms with Crippen molar-refractivity contribution >= 4 is 23.2 Å². The van der Waals surface area contributed by atoms with Crippen molar-refractivity contribution in [1.82, 2.24) is 4.90 Å². The van der Waals surface area contributed by atoms with Crippen LogP contribution >= 0.6 is 11.6 Å². The highest BCUT2D eigenvalue weighted by atomic mass is 35.5. The zero-order valence-corrected chi connectivity index (χ0v) is 12.8. The van der Waals surface area contributed by atoms with E-state index in [0.717, 1.165) is 18.2 Å². The number of benzene rings is 1. The molecule has 0 unspecified atom stereocenters. The van der Waals surface area contributed by atoms with Crippen LogP contribution < -0.4 is 0 Å². The van der Waals surface area contributed by atoms with E-state index in [1.54, 1.807) is 0 Å². The van der Waals surface area contributed by atoms with Crippen molar-refractivity contribution in [1.29, 1.82) is 0 Å². The first kappa shape index (κ1) is 17.4. The topological polar surface area (TPSA) is 63.5 Å². The molecule has 1 amide bonds. The lowest BCUT2D eigenvalue weighted by molar-refractivity contribution is -0.385. The fourth-order valence-electron chi connectivity index (χ4n) is 2.26. The summed E-state index contributed by atoms with van der Waals surface area (Å²) in [7, 11) is 0. The van der Waals surface area contributed by atoms with E-state index in [1.165, 1.54) is 4.90 Å². The molecule has 0 bridgehead atoms. The van der Waals surface area contributed by atoms with Crippen LogP contribution in [0.1, 0.15) is 37.0 Å². The molecule has 0 heterocycles. The molecule has 1 rings (SSSR count). The van der Waals surface area contributed by atoms with Gasteiger partial charge in [0.2, 0.25) is 0 Å². The Balaban J connectivity index is 3.25. The lowest BCUT2D eigenvalue weighted by atomic mass is 10.1. The summed E-state index contributed by atoms with van der Waals surface area (Å²) in [6.45, 7) is 4.10. The summed E-state index contributed by atoms with van der Waals surface area (Å²) in [5, 5.41) is 11.0. The standard InChI is InChI=1S/C14H18ClFN2O3/c1-3-11(4-2)17(8-7-15)14(19)12-9-10(16)5-6-13(12)18(20)21/h5-6,9,11H,3-4,7-8H2,1-2H3. The molecule has 21 heavy (non-hydrogen) atoms. The van der Waals surface area contributed by atoms with Crippen LogP contribution in [0.15, 0.2) is 18.2 Å². The normalized spacial score (nSPS) is 10.7. The molecule has 1 aromatic carbocycles. The number of nitro groups is 1. The highest BCUT2D eigenvalue weighted by molar-refractivity contribution is 6.18. The molecule has 7 heteroatoms. The van der Waals surface area contributed by atoms with Crippen molar-refractivity contribution in [2.24, 2.45) is 0 Å². The van der Waals surface area contributed by atoms with Crippen molar-refractivity contribution < 1.29 is 14.1 Å². The number of carbonyl (C=O) groups excluding carboxylic acids is 1. The molecule has 5 nitrogen and oxygen atoms in total. The van der Waals surface area contributed by atoms with Crippen LogP contribution in [0.2, 0.25) is 0 Å². The summed E-state index contributed by atoms with van der Waals surface area (Å²) in [6.07, 6.45) is 1.39. The van der Waals surface area contributed by atoms with E-state index >= 15 is 0 Å². The van der Waals surface area contributed by atoms with Crippen molar-refractivity contribution in [3.8, 4) is 0 Å². The van der Waals surface area contributed by atoms with Crippen molar-refractivity contribution in [2.75, 3.05) is 12.4 Å². The fraction of sp³-hybridized carbons (Fsp3) is 0.500. The quantitative estimate of drug-likeness (QED) is 0.438. The fourth-order valence-corrected chi connectivity index (χ4v) is 2.45. The predicted molar refractivity (Wildman–Crippen MR) is 79.2 cm³/mol. The third kappa shape index (κ3) is 4.14. The molecule has 0 aliphatic heterocycles. The van der Waals surface area contributed by atoms with Gasteiger partial charge in [0.1, 0.15) is 11.4 Å². The third-order valence-corrected chi connectivity index (χ3v) is 3.52. The first-order valence-corrected chi connectivity index (χ1v) is 7.30. The van der Waals surface area contributed by atoms with Gasteiger partial charge in [-0.05, 0) is 25.0 Å². The molecular formula is C14H18ClFN2O3. The summed E-state index contributed by atoms with van der Waals surface area (Å²) >= 11 is 5.72. The van der Waals surface area contributed by atoms with Gasteiger partial charge in [-0.2, -0.15) is 0 Å². The Kier molecular flexibility index (Phi) is 6.55. The number of amides is 1. The summed E-state index contributed by atoms with van der Waals surface area (Å²) in [6, 6.07) is 2.80. The largest absolute Gasteiger partial charge is 0.334 e. The zero-order valence-electron chi connectivity index (χ0n) is 12.0. The van der Waals surface area contributed by atoms with Crippen LogP contribution in [0.5, 0.6) is 0 Å². The van der Waals surface area contributed by atoms with Gasteiger partial charge in [-0.3, -0.25) is 14.9 Å². The molecule has 0 aromatic heterocycles. The first-order chi connectivity index (χ1) is 9.96. The lowest BCUT2D eigenvalue weighted by Gasteiger charge is -2.30. The van der Waals surface area contributed by atoms with Crippen LogP contribution in [0.3, 0.4) is 0 Å². The zero-order chi connectivity index (χ0) is 16.0. The molecular weight excluding hydrogens is 299 g/mol. The molecule has 1 aromatic rings. The molecule has 0 saturated heterocycles. The number of halogens is 2. The molecule has 0 radical (unpaired) electrons. The van der Waals surface area contributed by atoms with Gasteiger partial charge in [0.15, 0.2) is 0 Å². The van der Waals surface area contributed by atoms with E-state index in [1.807, 2.05) is 13.8 Å². The van der Waals surface area contributed by atoms with Gasteiger partial charge in [-0.15, -0.1) is 11.6 Å². The minimum absolute atomic E-state index is 0.0841. The number of hydrogen-bond donors (Lipinski definition) is 0. The third-order valence-electron chi connectivity index (χ3n) is 3.36. The van der Waals surface area contributed by atoms with Gasteiger partial charge < -0.3 is 4.90 Å². The van der Waals surface area contributed by atoms with E-state index in [4.69, 9.17) is 11.6 Å². The average molecular weight is 317 g/mol. The van der Waals surface area contributed by atoms with Gasteiger partial charge in [-0.25, -0.2) is 4.39 Å². The van der Waals surface area contributed by atoms with Crippen LogP contribution in [0.25, 0.3) is 0 Å². The summed E-state index contributed by atoms with van der Waals surface area (Å²) < 4.78 is 13.4. The van der Waals surface area contributed by atoms with Crippen LogP contribution in [-0.2, 0) is 0 Å². The van der Waals surface area contributed by atoms with Gasteiger partial charge in [0.25, 0.3) is 11.6 Å². The Morgan fingerprint density at radius 1 is 1.43 bits per heavy atom. The second kappa shape index (κ2) is 7.93. The van der Waals surface area contributed by atoms with Crippen molar-refractivity contribution in [3.05, 3.63) is 39.7 Å². The Morgan fingerprint density at radius 3 is 2.52 bits per heavy atom. The van der Waals surface area contributed by atoms with Crippen LogP contribution in [0.4, 0.5) is 10.1 Å². The minimum atomic E-state index is -0.682. The Labute approximate surface area is 127 Å². The van der Waals surface area contributed by atoms with E-state index in [2.05, 4.69) is 0 Å². The maximum atomic E-state index is 13.4. The van der Waals surface area contributed by atoms with Crippen molar-refractivity contribution in [3.63, 3.8) is 0 Å². The van der Waals surface area contributed by atoms with Gasteiger partial charge in [-0.1, -0.05) is 13.8 Å². The van der Waals surface area contributed by atoms with E-state index < -0.39 is 22.3 Å². The number of rotatable bonds is 7. The SMILES string of the molecule is CCC(CC)N(CCCl)C(=O)c1cc(F)ccc1[N+](=O)[O-]. The molecule has 0 aliphatic carbocycles. The van der Waals surface area contributed by atoms with Crippen molar-refractivity contribution in [2.45, 2.75) is 32.7 Å². The second-order valence-electron chi connectivity index (χ2n) is 4.58. The molecule has 116 valence electrons. The van der Waals surface area contributed by atoms with Crippen LogP contribution in [-0.4, -0.2) is 34.2 Å². The second-order valence-corrected chi connectivity index (χ2v) is 4.95. The number of hydrogen-bond acceptors (Lipinski definition) is 3. The maximum absolute atomic E-state index is 13.4. The smallest absolute Gasteiger partial charge is 0.282 e. The molecule has 0 N–H and O–H groups in total. The highest BCUT2D eigenvalue weighted by Crippen LogP contribution is 2.23. The predicted octanol–water partition coefficient (Wildman–Crippen LogP) is 3.60. The maximum Gasteiger partial charge on any atom is 0.282 e. The molecule has 0 spiro atoms. The molecule has 0 fully saturated rings. The Bertz CT molecular complexity index is 521. The molecule has 0 saturated carbocycles.